The van der Waals surface area contributed by atoms with Crippen LogP contribution in [0.2, 0.25) is 0 Å². The number of unbranched alkanes of at least 4 members (excludes halogenated alkanes) is 1. The average Bonchev–Trinajstić information content (AvgIpc) is 3.08. The molecule has 0 saturated heterocycles. The predicted octanol–water partition coefficient (Wildman–Crippen LogP) is 5.82. The van der Waals surface area contributed by atoms with Gasteiger partial charge in [0.2, 0.25) is 5.91 Å². The van der Waals surface area contributed by atoms with Gasteiger partial charge in [-0.25, -0.2) is 4.98 Å². The summed E-state index contributed by atoms with van der Waals surface area (Å²) in [6.07, 6.45) is 3.95. The molecule has 27 heavy (non-hydrogen) atoms. The van der Waals surface area contributed by atoms with Crippen LogP contribution in [0.3, 0.4) is 0 Å². The predicted molar refractivity (Wildman–Crippen MR) is 120 cm³/mol. The van der Waals surface area contributed by atoms with Crippen molar-refractivity contribution < 1.29 is 4.79 Å². The van der Waals surface area contributed by atoms with Crippen LogP contribution in [0.5, 0.6) is 0 Å². The van der Waals surface area contributed by atoms with Crippen molar-refractivity contribution in [1.82, 2.24) is 10.3 Å². The first-order valence-corrected chi connectivity index (χ1v) is 11.3. The number of carbonyl (C=O) groups excluding carboxylic acids is 1. The van der Waals surface area contributed by atoms with Gasteiger partial charge >= 0.3 is 0 Å². The van der Waals surface area contributed by atoms with E-state index in [2.05, 4.69) is 38.1 Å². The molecular formula is C20H20BrN3OS2. The second-order valence-electron chi connectivity index (χ2n) is 5.93. The van der Waals surface area contributed by atoms with Gasteiger partial charge in [-0.2, -0.15) is 0 Å². The van der Waals surface area contributed by atoms with E-state index in [9.17, 15) is 4.79 Å². The Hall–Kier alpha value is -1.70. The third kappa shape index (κ3) is 6.16. The molecule has 0 atom stereocenters. The van der Waals surface area contributed by atoms with Gasteiger partial charge in [-0.3, -0.25) is 9.79 Å². The molecular weight excluding hydrogens is 442 g/mol. The van der Waals surface area contributed by atoms with Crippen molar-refractivity contribution in [3.63, 3.8) is 0 Å². The van der Waals surface area contributed by atoms with Crippen LogP contribution in [-0.4, -0.2) is 29.4 Å². The molecule has 3 aromatic rings. The normalized spacial score (nSPS) is 11.3. The number of amides is 1. The molecule has 0 fully saturated rings. The average molecular weight is 462 g/mol. The van der Waals surface area contributed by atoms with Gasteiger partial charge in [0.15, 0.2) is 4.34 Å². The highest BCUT2D eigenvalue weighted by Gasteiger charge is 2.08. The van der Waals surface area contributed by atoms with Crippen LogP contribution in [0.15, 0.2) is 56.3 Å². The summed E-state index contributed by atoms with van der Waals surface area (Å²) >= 11 is 6.51. The van der Waals surface area contributed by atoms with Gasteiger partial charge in [-0.05, 0) is 42.3 Å². The molecule has 3 rings (SSSR count). The third-order valence-corrected chi connectivity index (χ3v) is 6.45. The largest absolute Gasteiger partial charge is 0.355 e. The highest BCUT2D eigenvalue weighted by atomic mass is 79.9. The van der Waals surface area contributed by atoms with E-state index in [1.54, 1.807) is 11.3 Å². The summed E-state index contributed by atoms with van der Waals surface area (Å²) in [4.78, 5) is 21.0. The second kappa shape index (κ2) is 10.0. The molecule has 0 aliphatic carbocycles. The van der Waals surface area contributed by atoms with Gasteiger partial charge < -0.3 is 5.32 Å². The molecule has 1 heterocycles. The van der Waals surface area contributed by atoms with Crippen molar-refractivity contribution >= 4 is 67.1 Å². The fourth-order valence-corrected chi connectivity index (χ4v) is 4.51. The standard InChI is InChI=1S/C20H20BrN3OS2/c1-2-3-10-22-19(25)13-26-20-24-17-9-8-16(11-18(17)27-20)23-12-14-4-6-15(21)7-5-14/h4-9,11-12H,2-3,10,13H2,1H3,(H,22,25). The lowest BCUT2D eigenvalue weighted by Gasteiger charge is -2.01. The zero-order valence-electron chi connectivity index (χ0n) is 14.9. The number of hydrogen-bond donors (Lipinski definition) is 1. The Labute approximate surface area is 175 Å². The van der Waals surface area contributed by atoms with Crippen molar-refractivity contribution in [2.75, 3.05) is 12.3 Å². The maximum Gasteiger partial charge on any atom is 0.230 e. The molecule has 0 saturated carbocycles. The summed E-state index contributed by atoms with van der Waals surface area (Å²) in [5.74, 6) is 0.463. The Balaban J connectivity index is 1.62. The number of rotatable bonds is 8. The number of aromatic nitrogens is 1. The minimum absolute atomic E-state index is 0.0625. The van der Waals surface area contributed by atoms with Crippen LogP contribution in [0, 0.1) is 0 Å². The third-order valence-electron chi connectivity index (χ3n) is 3.76. The number of carbonyl (C=O) groups is 1. The van der Waals surface area contributed by atoms with Gasteiger partial charge in [0.25, 0.3) is 0 Å². The number of hydrogen-bond acceptors (Lipinski definition) is 5. The number of fused-ring (bicyclic) bond motifs is 1. The number of nitrogens with one attached hydrogen (secondary N) is 1. The lowest BCUT2D eigenvalue weighted by atomic mass is 10.2. The van der Waals surface area contributed by atoms with E-state index >= 15 is 0 Å². The lowest BCUT2D eigenvalue weighted by Crippen LogP contribution is -2.25. The number of benzene rings is 2. The van der Waals surface area contributed by atoms with Crippen molar-refractivity contribution in [3.05, 3.63) is 52.5 Å². The van der Waals surface area contributed by atoms with Crippen LogP contribution >= 0.6 is 39.0 Å². The zero-order chi connectivity index (χ0) is 19.1. The molecule has 0 unspecified atom stereocenters. The maximum atomic E-state index is 11.8. The highest BCUT2D eigenvalue weighted by molar-refractivity contribution is 9.10. The van der Waals surface area contributed by atoms with Gasteiger partial charge in [0.1, 0.15) is 0 Å². The maximum absolute atomic E-state index is 11.8. The van der Waals surface area contributed by atoms with Crippen LogP contribution in [0.1, 0.15) is 25.3 Å². The smallest absolute Gasteiger partial charge is 0.230 e. The topological polar surface area (TPSA) is 54.4 Å². The highest BCUT2D eigenvalue weighted by Crippen LogP contribution is 2.31. The molecule has 1 N–H and O–H groups in total. The Kier molecular flexibility index (Phi) is 7.43. The molecule has 4 nitrogen and oxygen atoms in total. The molecule has 1 aromatic heterocycles. The first-order chi connectivity index (χ1) is 13.1. The number of thiazole rings is 1. The molecule has 0 radical (unpaired) electrons. The van der Waals surface area contributed by atoms with Gasteiger partial charge in [0.05, 0.1) is 21.7 Å². The lowest BCUT2D eigenvalue weighted by molar-refractivity contribution is -0.118. The minimum atomic E-state index is 0.0625. The minimum Gasteiger partial charge on any atom is -0.355 e. The van der Waals surface area contributed by atoms with E-state index in [1.165, 1.54) is 11.8 Å². The van der Waals surface area contributed by atoms with E-state index in [0.717, 1.165) is 49.7 Å². The molecule has 0 aliphatic rings. The Morgan fingerprint density at radius 1 is 1.30 bits per heavy atom. The first-order valence-electron chi connectivity index (χ1n) is 8.74. The van der Waals surface area contributed by atoms with Gasteiger partial charge in [-0.1, -0.05) is 53.2 Å². The van der Waals surface area contributed by atoms with Gasteiger partial charge in [0, 0.05) is 17.2 Å². The van der Waals surface area contributed by atoms with Crippen LogP contribution in [0.25, 0.3) is 10.2 Å². The Morgan fingerprint density at radius 2 is 2.11 bits per heavy atom. The van der Waals surface area contributed by atoms with Crippen molar-refractivity contribution in [1.29, 1.82) is 0 Å². The molecule has 2 aromatic carbocycles. The molecule has 0 bridgehead atoms. The van der Waals surface area contributed by atoms with Crippen molar-refractivity contribution in [2.24, 2.45) is 4.99 Å². The second-order valence-corrected chi connectivity index (χ2v) is 9.10. The summed E-state index contributed by atoms with van der Waals surface area (Å²) in [6, 6.07) is 14.0. The van der Waals surface area contributed by atoms with E-state index in [-0.39, 0.29) is 5.91 Å². The van der Waals surface area contributed by atoms with Gasteiger partial charge in [-0.15, -0.1) is 11.3 Å². The molecule has 7 heteroatoms. The zero-order valence-corrected chi connectivity index (χ0v) is 18.2. The van der Waals surface area contributed by atoms with E-state index in [1.807, 2.05) is 48.7 Å². The SMILES string of the molecule is CCCCNC(=O)CSc1nc2ccc(N=Cc3ccc(Br)cc3)cc2s1. The summed E-state index contributed by atoms with van der Waals surface area (Å²) in [6.45, 7) is 2.86. The summed E-state index contributed by atoms with van der Waals surface area (Å²) in [7, 11) is 0. The first kappa shape index (κ1) is 20.0. The monoisotopic (exact) mass is 461 g/mol. The van der Waals surface area contributed by atoms with E-state index < -0.39 is 0 Å². The van der Waals surface area contributed by atoms with Crippen LogP contribution < -0.4 is 5.32 Å². The number of aliphatic imine (C=N–C) groups is 1. The van der Waals surface area contributed by atoms with E-state index in [0.29, 0.717) is 5.75 Å². The van der Waals surface area contributed by atoms with E-state index in [4.69, 9.17) is 0 Å². The molecule has 1 amide bonds. The van der Waals surface area contributed by atoms with Crippen LogP contribution in [-0.2, 0) is 4.79 Å². The fourth-order valence-electron chi connectivity index (χ4n) is 2.32. The molecule has 0 spiro atoms. The summed E-state index contributed by atoms with van der Waals surface area (Å²) in [5, 5.41) is 2.93. The van der Waals surface area contributed by atoms with Crippen molar-refractivity contribution in [3.8, 4) is 0 Å². The summed E-state index contributed by atoms with van der Waals surface area (Å²) in [5.41, 5.74) is 2.88. The van der Waals surface area contributed by atoms with Crippen molar-refractivity contribution in [2.45, 2.75) is 24.1 Å². The molecule has 0 aliphatic heterocycles. The quantitative estimate of drug-likeness (QED) is 0.261. The Morgan fingerprint density at radius 3 is 2.89 bits per heavy atom. The number of halogens is 1. The molecule has 140 valence electrons. The Bertz CT molecular complexity index is 938. The summed E-state index contributed by atoms with van der Waals surface area (Å²) < 4.78 is 3.04. The fraction of sp³-hybridized carbons (Fsp3) is 0.250. The van der Waals surface area contributed by atoms with Crippen LogP contribution in [0.4, 0.5) is 5.69 Å². The number of thioether (sulfide) groups is 1. The number of nitrogens with zero attached hydrogens (tertiary/aromatic N) is 2.